The number of amides is 1. The lowest BCUT2D eigenvalue weighted by atomic mass is 10.1. The highest BCUT2D eigenvalue weighted by Gasteiger charge is 2.06. The summed E-state index contributed by atoms with van der Waals surface area (Å²) in [5.74, 6) is -0.0795. The average molecular weight is 285 g/mol. The maximum Gasteiger partial charge on any atom is 0.228 e. The first-order valence-corrected chi connectivity index (χ1v) is 6.56. The van der Waals surface area contributed by atoms with Gasteiger partial charge in [-0.2, -0.15) is 0 Å². The number of carbonyl (C=O) groups excluding carboxylic acids is 1. The molecule has 102 valence electrons. The average Bonchev–Trinajstić information content (AvgIpc) is 2.42. The molecule has 0 spiro atoms. The van der Waals surface area contributed by atoms with Crippen LogP contribution in [0.25, 0.3) is 0 Å². The van der Waals surface area contributed by atoms with Crippen LogP contribution in [0.1, 0.15) is 16.7 Å². The van der Waals surface area contributed by atoms with Crippen LogP contribution in [-0.2, 0) is 11.2 Å². The van der Waals surface area contributed by atoms with E-state index in [1.807, 2.05) is 37.3 Å². The molecule has 1 heterocycles. The van der Waals surface area contributed by atoms with Crippen LogP contribution >= 0.6 is 12.2 Å². The van der Waals surface area contributed by atoms with Gasteiger partial charge < -0.3 is 11.1 Å². The van der Waals surface area contributed by atoms with Gasteiger partial charge in [-0.3, -0.25) is 9.78 Å². The number of nitrogens with zero attached hydrogens (tertiary/aromatic N) is 1. The topological polar surface area (TPSA) is 68.0 Å². The van der Waals surface area contributed by atoms with Crippen molar-refractivity contribution in [2.45, 2.75) is 13.3 Å². The largest absolute Gasteiger partial charge is 0.389 e. The standard InChI is InChI=1S/C15H15N3OS/c1-10-6-7-17-9-13(10)18-14(19)8-11-2-4-12(5-3-11)15(16)20/h2-7,9H,8H2,1H3,(H2,16,20)(H,18,19). The van der Waals surface area contributed by atoms with Crippen molar-refractivity contribution in [1.29, 1.82) is 0 Å². The van der Waals surface area contributed by atoms with Crippen molar-refractivity contribution in [2.75, 3.05) is 5.32 Å². The lowest BCUT2D eigenvalue weighted by molar-refractivity contribution is -0.115. The Morgan fingerprint density at radius 2 is 2.00 bits per heavy atom. The normalized spacial score (nSPS) is 10.1. The first-order valence-electron chi connectivity index (χ1n) is 6.15. The Bertz CT molecular complexity index is 638. The zero-order chi connectivity index (χ0) is 14.5. The van der Waals surface area contributed by atoms with Crippen LogP contribution in [0.2, 0.25) is 0 Å². The highest BCUT2D eigenvalue weighted by Crippen LogP contribution is 2.12. The number of nitrogens with two attached hydrogens (primary N) is 1. The number of aromatic nitrogens is 1. The fraction of sp³-hybridized carbons (Fsp3) is 0.133. The molecule has 0 aliphatic rings. The van der Waals surface area contributed by atoms with Crippen LogP contribution in [0, 0.1) is 6.92 Å². The summed E-state index contributed by atoms with van der Waals surface area (Å²) in [4.78, 5) is 16.3. The van der Waals surface area contributed by atoms with Crippen LogP contribution in [0.5, 0.6) is 0 Å². The number of benzene rings is 1. The predicted octanol–water partition coefficient (Wildman–Crippen LogP) is 2.21. The van der Waals surface area contributed by atoms with E-state index in [1.54, 1.807) is 12.4 Å². The molecule has 20 heavy (non-hydrogen) atoms. The van der Waals surface area contributed by atoms with Crippen molar-refractivity contribution in [3.8, 4) is 0 Å². The van der Waals surface area contributed by atoms with E-state index in [0.717, 1.165) is 22.4 Å². The van der Waals surface area contributed by atoms with E-state index in [0.29, 0.717) is 11.4 Å². The number of anilines is 1. The quantitative estimate of drug-likeness (QED) is 0.845. The number of hydrogen-bond acceptors (Lipinski definition) is 3. The third-order valence-electron chi connectivity index (χ3n) is 2.92. The summed E-state index contributed by atoms with van der Waals surface area (Å²) in [6, 6.07) is 9.20. The molecule has 0 saturated carbocycles. The molecule has 1 aromatic heterocycles. The van der Waals surface area contributed by atoms with Gasteiger partial charge in [0.05, 0.1) is 18.3 Å². The number of rotatable bonds is 4. The maximum atomic E-state index is 12.0. The van der Waals surface area contributed by atoms with E-state index in [9.17, 15) is 4.79 Å². The Morgan fingerprint density at radius 3 is 2.60 bits per heavy atom. The van der Waals surface area contributed by atoms with Crippen molar-refractivity contribution in [1.82, 2.24) is 4.98 Å². The number of pyridine rings is 1. The number of nitrogens with one attached hydrogen (secondary N) is 1. The summed E-state index contributed by atoms with van der Waals surface area (Å²) in [6.45, 7) is 1.92. The minimum absolute atomic E-state index is 0.0795. The fourth-order valence-corrected chi connectivity index (χ4v) is 1.90. The molecule has 2 rings (SSSR count). The molecular formula is C15H15N3OS. The molecule has 0 aliphatic carbocycles. The van der Waals surface area contributed by atoms with E-state index in [2.05, 4.69) is 10.3 Å². The number of aryl methyl sites for hydroxylation is 1. The molecule has 4 nitrogen and oxygen atoms in total. The van der Waals surface area contributed by atoms with E-state index >= 15 is 0 Å². The van der Waals surface area contributed by atoms with Crippen LogP contribution in [0.3, 0.4) is 0 Å². The van der Waals surface area contributed by atoms with Gasteiger partial charge in [-0.1, -0.05) is 36.5 Å². The smallest absolute Gasteiger partial charge is 0.228 e. The molecule has 1 amide bonds. The molecule has 0 aliphatic heterocycles. The van der Waals surface area contributed by atoms with E-state index in [4.69, 9.17) is 18.0 Å². The van der Waals surface area contributed by atoms with Crippen molar-refractivity contribution < 1.29 is 4.79 Å². The second-order valence-corrected chi connectivity index (χ2v) is 4.92. The molecule has 0 saturated heterocycles. The van der Waals surface area contributed by atoms with Crippen molar-refractivity contribution >= 4 is 28.8 Å². The van der Waals surface area contributed by atoms with Crippen LogP contribution in [0.4, 0.5) is 5.69 Å². The Hall–Kier alpha value is -2.27. The predicted molar refractivity (Wildman–Crippen MR) is 83.6 cm³/mol. The lowest BCUT2D eigenvalue weighted by Crippen LogP contribution is -2.15. The SMILES string of the molecule is Cc1ccncc1NC(=O)Cc1ccc(C(N)=S)cc1. The Kier molecular flexibility index (Phi) is 4.42. The highest BCUT2D eigenvalue weighted by molar-refractivity contribution is 7.80. The monoisotopic (exact) mass is 285 g/mol. The molecule has 0 fully saturated rings. The molecular weight excluding hydrogens is 270 g/mol. The number of thiocarbonyl (C=S) groups is 1. The van der Waals surface area contributed by atoms with Gasteiger partial charge in [0.15, 0.2) is 0 Å². The van der Waals surface area contributed by atoms with Crippen molar-refractivity contribution in [3.63, 3.8) is 0 Å². The van der Waals surface area contributed by atoms with Gasteiger partial charge in [-0.05, 0) is 24.1 Å². The first kappa shape index (κ1) is 14.1. The summed E-state index contributed by atoms with van der Waals surface area (Å²) in [5, 5.41) is 2.84. The van der Waals surface area contributed by atoms with Gasteiger partial charge in [0, 0.05) is 11.8 Å². The Labute approximate surface area is 123 Å². The van der Waals surface area contributed by atoms with Crippen molar-refractivity contribution in [3.05, 3.63) is 59.4 Å². The van der Waals surface area contributed by atoms with Gasteiger partial charge in [-0.25, -0.2) is 0 Å². The van der Waals surface area contributed by atoms with Gasteiger partial charge >= 0.3 is 0 Å². The summed E-state index contributed by atoms with van der Waals surface area (Å²) in [7, 11) is 0. The van der Waals surface area contributed by atoms with Gasteiger partial charge in [0.2, 0.25) is 5.91 Å². The number of hydrogen-bond donors (Lipinski definition) is 2. The lowest BCUT2D eigenvalue weighted by Gasteiger charge is -2.08. The van der Waals surface area contributed by atoms with Crippen LogP contribution < -0.4 is 11.1 Å². The molecule has 0 atom stereocenters. The van der Waals surface area contributed by atoms with Crippen molar-refractivity contribution in [2.24, 2.45) is 5.73 Å². The summed E-state index contributed by atoms with van der Waals surface area (Å²) >= 11 is 4.89. The third-order valence-corrected chi connectivity index (χ3v) is 3.15. The first-order chi connectivity index (χ1) is 9.56. The summed E-state index contributed by atoms with van der Waals surface area (Å²) in [6.07, 6.45) is 3.63. The molecule has 0 radical (unpaired) electrons. The molecule has 1 aromatic carbocycles. The zero-order valence-electron chi connectivity index (χ0n) is 11.1. The van der Waals surface area contributed by atoms with E-state index < -0.39 is 0 Å². The third kappa shape index (κ3) is 3.61. The minimum Gasteiger partial charge on any atom is -0.389 e. The van der Waals surface area contributed by atoms with Crippen LogP contribution in [0.15, 0.2) is 42.7 Å². The minimum atomic E-state index is -0.0795. The van der Waals surface area contributed by atoms with Gasteiger partial charge in [0.25, 0.3) is 0 Å². The van der Waals surface area contributed by atoms with Gasteiger partial charge in [0.1, 0.15) is 4.99 Å². The summed E-state index contributed by atoms with van der Waals surface area (Å²) in [5.41, 5.74) is 8.95. The Morgan fingerprint density at radius 1 is 1.30 bits per heavy atom. The zero-order valence-corrected chi connectivity index (χ0v) is 11.9. The van der Waals surface area contributed by atoms with E-state index in [-0.39, 0.29) is 5.91 Å². The molecule has 2 aromatic rings. The molecule has 0 bridgehead atoms. The fourth-order valence-electron chi connectivity index (χ4n) is 1.76. The molecule has 5 heteroatoms. The Balaban J connectivity index is 2.01. The maximum absolute atomic E-state index is 12.0. The van der Waals surface area contributed by atoms with Crippen LogP contribution in [-0.4, -0.2) is 15.9 Å². The second kappa shape index (κ2) is 6.25. The molecule has 3 N–H and O–H groups in total. The van der Waals surface area contributed by atoms with Gasteiger partial charge in [-0.15, -0.1) is 0 Å². The molecule has 0 unspecified atom stereocenters. The van der Waals surface area contributed by atoms with E-state index in [1.165, 1.54) is 0 Å². The second-order valence-electron chi connectivity index (χ2n) is 4.48. The summed E-state index contributed by atoms with van der Waals surface area (Å²) < 4.78 is 0. The number of carbonyl (C=O) groups is 1. The highest BCUT2D eigenvalue weighted by atomic mass is 32.1.